The average molecular weight is 212 g/mol. The SMILES string of the molecule is Cc1ccc(-c2cccnc2C(C)C)cn1. The van der Waals surface area contributed by atoms with Gasteiger partial charge in [-0.1, -0.05) is 26.0 Å². The maximum absolute atomic E-state index is 4.45. The first kappa shape index (κ1) is 10.8. The van der Waals surface area contributed by atoms with E-state index in [1.165, 1.54) is 5.56 Å². The van der Waals surface area contributed by atoms with Gasteiger partial charge in [0.1, 0.15) is 0 Å². The molecule has 2 heteroatoms. The number of aryl methyl sites for hydroxylation is 1. The van der Waals surface area contributed by atoms with E-state index < -0.39 is 0 Å². The van der Waals surface area contributed by atoms with E-state index in [9.17, 15) is 0 Å². The zero-order valence-corrected chi connectivity index (χ0v) is 9.94. The molecule has 0 N–H and O–H groups in total. The Morgan fingerprint density at radius 1 is 1.06 bits per heavy atom. The van der Waals surface area contributed by atoms with Crippen molar-refractivity contribution in [3.8, 4) is 11.1 Å². The van der Waals surface area contributed by atoms with Crippen molar-refractivity contribution in [3.05, 3.63) is 48.0 Å². The highest BCUT2D eigenvalue weighted by molar-refractivity contribution is 5.65. The number of pyridine rings is 2. The third kappa shape index (κ3) is 2.11. The van der Waals surface area contributed by atoms with E-state index >= 15 is 0 Å². The van der Waals surface area contributed by atoms with Crippen LogP contribution in [0.5, 0.6) is 0 Å². The molecule has 2 aromatic rings. The van der Waals surface area contributed by atoms with Gasteiger partial charge in [0.25, 0.3) is 0 Å². The molecule has 0 radical (unpaired) electrons. The molecule has 16 heavy (non-hydrogen) atoms. The molecule has 0 amide bonds. The molecule has 0 spiro atoms. The van der Waals surface area contributed by atoms with Crippen LogP contribution in [-0.2, 0) is 0 Å². The monoisotopic (exact) mass is 212 g/mol. The topological polar surface area (TPSA) is 25.8 Å². The lowest BCUT2D eigenvalue weighted by atomic mass is 9.99. The summed E-state index contributed by atoms with van der Waals surface area (Å²) in [5.74, 6) is 0.428. The molecule has 0 saturated heterocycles. The summed E-state index contributed by atoms with van der Waals surface area (Å²) in [6.45, 7) is 6.32. The number of aromatic nitrogens is 2. The minimum absolute atomic E-state index is 0.428. The summed E-state index contributed by atoms with van der Waals surface area (Å²) in [6.07, 6.45) is 3.76. The van der Waals surface area contributed by atoms with Crippen LogP contribution in [0.25, 0.3) is 11.1 Å². The summed E-state index contributed by atoms with van der Waals surface area (Å²) in [7, 11) is 0. The van der Waals surface area contributed by atoms with Crippen molar-refractivity contribution in [2.24, 2.45) is 0 Å². The van der Waals surface area contributed by atoms with Crippen molar-refractivity contribution >= 4 is 0 Å². The Hall–Kier alpha value is -1.70. The minimum Gasteiger partial charge on any atom is -0.261 e. The Kier molecular flexibility index (Phi) is 3.00. The molecule has 2 heterocycles. The van der Waals surface area contributed by atoms with Crippen LogP contribution in [0.3, 0.4) is 0 Å². The molecular formula is C14H16N2. The number of nitrogens with zero attached hydrogens (tertiary/aromatic N) is 2. The van der Waals surface area contributed by atoms with E-state index in [-0.39, 0.29) is 0 Å². The van der Waals surface area contributed by atoms with E-state index in [0.29, 0.717) is 5.92 Å². The zero-order chi connectivity index (χ0) is 11.5. The second-order valence-corrected chi connectivity index (χ2v) is 4.28. The van der Waals surface area contributed by atoms with Gasteiger partial charge in [0.05, 0.1) is 5.69 Å². The normalized spacial score (nSPS) is 10.8. The van der Waals surface area contributed by atoms with Gasteiger partial charge >= 0.3 is 0 Å². The Morgan fingerprint density at radius 3 is 2.50 bits per heavy atom. The number of hydrogen-bond acceptors (Lipinski definition) is 2. The van der Waals surface area contributed by atoms with Gasteiger partial charge in [0.15, 0.2) is 0 Å². The first-order valence-electron chi connectivity index (χ1n) is 5.56. The van der Waals surface area contributed by atoms with Crippen LogP contribution in [0.4, 0.5) is 0 Å². The first-order valence-corrected chi connectivity index (χ1v) is 5.56. The molecule has 2 aromatic heterocycles. The highest BCUT2D eigenvalue weighted by Gasteiger charge is 2.09. The summed E-state index contributed by atoms with van der Waals surface area (Å²) in [6, 6.07) is 8.22. The minimum atomic E-state index is 0.428. The molecule has 82 valence electrons. The predicted octanol–water partition coefficient (Wildman–Crippen LogP) is 3.58. The van der Waals surface area contributed by atoms with Crippen molar-refractivity contribution in [2.45, 2.75) is 26.7 Å². The number of hydrogen-bond donors (Lipinski definition) is 0. The molecule has 0 fully saturated rings. The smallest absolute Gasteiger partial charge is 0.0507 e. The van der Waals surface area contributed by atoms with Gasteiger partial charge in [-0.3, -0.25) is 9.97 Å². The lowest BCUT2D eigenvalue weighted by Crippen LogP contribution is -1.96. The van der Waals surface area contributed by atoms with E-state index in [2.05, 4.69) is 35.9 Å². The van der Waals surface area contributed by atoms with Crippen molar-refractivity contribution in [3.63, 3.8) is 0 Å². The van der Waals surface area contributed by atoms with Crippen molar-refractivity contribution in [2.75, 3.05) is 0 Å². The first-order chi connectivity index (χ1) is 7.68. The van der Waals surface area contributed by atoms with Crippen LogP contribution in [0.15, 0.2) is 36.7 Å². The third-order valence-corrected chi connectivity index (χ3v) is 2.61. The largest absolute Gasteiger partial charge is 0.261 e. The summed E-state index contributed by atoms with van der Waals surface area (Å²) >= 11 is 0. The van der Waals surface area contributed by atoms with Gasteiger partial charge < -0.3 is 0 Å². The van der Waals surface area contributed by atoms with Crippen LogP contribution in [0.2, 0.25) is 0 Å². The highest BCUT2D eigenvalue weighted by Crippen LogP contribution is 2.26. The number of rotatable bonds is 2. The van der Waals surface area contributed by atoms with E-state index in [1.807, 2.05) is 31.5 Å². The summed E-state index contributed by atoms with van der Waals surface area (Å²) in [5, 5.41) is 0. The molecule has 0 aliphatic heterocycles. The maximum atomic E-state index is 4.45. The zero-order valence-electron chi connectivity index (χ0n) is 9.94. The molecule has 0 unspecified atom stereocenters. The van der Waals surface area contributed by atoms with E-state index in [1.54, 1.807) is 0 Å². The molecule has 0 aliphatic rings. The molecular weight excluding hydrogens is 196 g/mol. The van der Waals surface area contributed by atoms with Crippen LogP contribution in [0.1, 0.15) is 31.2 Å². The summed E-state index contributed by atoms with van der Waals surface area (Å²) in [4.78, 5) is 8.78. The van der Waals surface area contributed by atoms with Gasteiger partial charge in [-0.15, -0.1) is 0 Å². The van der Waals surface area contributed by atoms with Gasteiger partial charge in [0.2, 0.25) is 0 Å². The Labute approximate surface area is 96.4 Å². The molecule has 0 aromatic carbocycles. The molecule has 0 bridgehead atoms. The molecule has 0 aliphatic carbocycles. The summed E-state index contributed by atoms with van der Waals surface area (Å²) < 4.78 is 0. The van der Waals surface area contributed by atoms with Crippen LogP contribution in [0, 0.1) is 6.92 Å². The fourth-order valence-electron chi connectivity index (χ4n) is 1.75. The van der Waals surface area contributed by atoms with Crippen molar-refractivity contribution in [1.82, 2.24) is 9.97 Å². The molecule has 0 atom stereocenters. The highest BCUT2D eigenvalue weighted by atomic mass is 14.7. The van der Waals surface area contributed by atoms with Crippen LogP contribution in [-0.4, -0.2) is 9.97 Å². The molecule has 0 saturated carbocycles. The van der Waals surface area contributed by atoms with E-state index in [0.717, 1.165) is 17.0 Å². The predicted molar refractivity (Wildman–Crippen MR) is 66.3 cm³/mol. The van der Waals surface area contributed by atoms with Crippen LogP contribution >= 0.6 is 0 Å². The molecule has 2 rings (SSSR count). The fraction of sp³-hybridized carbons (Fsp3) is 0.286. The van der Waals surface area contributed by atoms with Crippen LogP contribution < -0.4 is 0 Å². The standard InChI is InChI=1S/C14H16N2/c1-10(2)14-13(5-4-8-15-14)12-7-6-11(3)16-9-12/h4-10H,1-3H3. The van der Waals surface area contributed by atoms with Gasteiger partial charge in [-0.2, -0.15) is 0 Å². The third-order valence-electron chi connectivity index (χ3n) is 2.61. The van der Waals surface area contributed by atoms with E-state index in [4.69, 9.17) is 0 Å². The van der Waals surface area contributed by atoms with Gasteiger partial charge in [0, 0.05) is 29.2 Å². The average Bonchev–Trinajstić information content (AvgIpc) is 2.30. The Balaban J connectivity index is 2.51. The second kappa shape index (κ2) is 4.44. The fourth-order valence-corrected chi connectivity index (χ4v) is 1.75. The van der Waals surface area contributed by atoms with Gasteiger partial charge in [-0.25, -0.2) is 0 Å². The Morgan fingerprint density at radius 2 is 1.88 bits per heavy atom. The van der Waals surface area contributed by atoms with Gasteiger partial charge in [-0.05, 0) is 25.0 Å². The lowest BCUT2D eigenvalue weighted by molar-refractivity contribution is 0.825. The summed E-state index contributed by atoms with van der Waals surface area (Å²) in [5.41, 5.74) is 4.50. The Bertz CT molecular complexity index is 472. The second-order valence-electron chi connectivity index (χ2n) is 4.28. The van der Waals surface area contributed by atoms with Crippen molar-refractivity contribution in [1.29, 1.82) is 0 Å². The quantitative estimate of drug-likeness (QED) is 0.760. The van der Waals surface area contributed by atoms with Crippen molar-refractivity contribution < 1.29 is 0 Å². The molecule has 2 nitrogen and oxygen atoms in total. The maximum Gasteiger partial charge on any atom is 0.0507 e. The lowest BCUT2D eigenvalue weighted by Gasteiger charge is -2.11.